The Morgan fingerprint density at radius 3 is 2.16 bits per heavy atom. The molecule has 4 heteroatoms. The van der Waals surface area contributed by atoms with Crippen LogP contribution in [0.5, 0.6) is 5.75 Å². The molecule has 0 aliphatic carbocycles. The third kappa shape index (κ3) is 7.32. The van der Waals surface area contributed by atoms with Gasteiger partial charge >= 0.3 is 0 Å². The van der Waals surface area contributed by atoms with Gasteiger partial charge in [-0.2, -0.15) is 0 Å². The fraction of sp³-hybridized carbons (Fsp3) is 0.294. The molecule has 38 heavy (non-hydrogen) atoms. The Balaban J connectivity index is 1.29. The first-order valence-corrected chi connectivity index (χ1v) is 13.4. The van der Waals surface area contributed by atoms with Gasteiger partial charge in [0.2, 0.25) is 0 Å². The molecular weight excluding hydrogens is 472 g/mol. The van der Waals surface area contributed by atoms with Crippen molar-refractivity contribution in [2.75, 3.05) is 6.61 Å². The lowest BCUT2D eigenvalue weighted by molar-refractivity contribution is -0.142. The first-order valence-electron chi connectivity index (χ1n) is 13.4. The van der Waals surface area contributed by atoms with Crippen LogP contribution in [0.15, 0.2) is 103 Å². The quantitative estimate of drug-likeness (QED) is 0.244. The van der Waals surface area contributed by atoms with Gasteiger partial charge in [-0.3, -0.25) is 0 Å². The molecule has 4 aromatic carbocycles. The van der Waals surface area contributed by atoms with Gasteiger partial charge in [0.15, 0.2) is 0 Å². The van der Waals surface area contributed by atoms with Gasteiger partial charge < -0.3 is 19.3 Å². The van der Waals surface area contributed by atoms with Crippen LogP contribution in [0.25, 0.3) is 0 Å². The molecule has 1 N–H and O–H groups in total. The number of ether oxygens (including phenoxy) is 3. The number of rotatable bonds is 10. The second-order valence-electron chi connectivity index (χ2n) is 10.2. The molecule has 1 fully saturated rings. The summed E-state index contributed by atoms with van der Waals surface area (Å²) in [7, 11) is 0. The summed E-state index contributed by atoms with van der Waals surface area (Å²) >= 11 is 0. The maximum absolute atomic E-state index is 9.65. The largest absolute Gasteiger partial charge is 0.508 e. The van der Waals surface area contributed by atoms with E-state index in [0.717, 1.165) is 24.8 Å². The molecule has 1 aliphatic heterocycles. The molecule has 0 saturated carbocycles. The smallest absolute Gasteiger partial charge is 0.115 e. The molecule has 0 aromatic heterocycles. The van der Waals surface area contributed by atoms with Crippen LogP contribution in [-0.2, 0) is 33.8 Å². The predicted molar refractivity (Wildman–Crippen MR) is 150 cm³/mol. The second-order valence-corrected chi connectivity index (χ2v) is 10.2. The average Bonchev–Trinajstić information content (AvgIpc) is 2.95. The van der Waals surface area contributed by atoms with E-state index in [9.17, 15) is 5.11 Å². The van der Waals surface area contributed by atoms with Crippen molar-refractivity contribution in [3.8, 4) is 5.75 Å². The van der Waals surface area contributed by atoms with Crippen LogP contribution in [0.1, 0.15) is 52.3 Å². The fourth-order valence-electron chi connectivity index (χ4n) is 5.02. The van der Waals surface area contributed by atoms with Gasteiger partial charge in [0, 0.05) is 12.8 Å². The number of hydrogen-bond acceptors (Lipinski definition) is 4. The number of phenolic OH excluding ortho intramolecular Hbond substituents is 1. The molecule has 0 amide bonds. The standard InChI is InChI=1S/C34H36O4/c1-25-12-15-29(19-30(25)18-26-13-16-31(35)17-14-26)34-21-32(37-23-28-10-6-3-7-11-28)20-33(38-34)24-36-22-27-8-4-2-5-9-27/h2-17,19,32-35H,18,20-24H2,1H3. The number of phenols is 1. The average molecular weight is 509 g/mol. The van der Waals surface area contributed by atoms with Crippen molar-refractivity contribution in [2.24, 2.45) is 0 Å². The molecule has 0 bridgehead atoms. The summed E-state index contributed by atoms with van der Waals surface area (Å²) in [6, 6.07) is 34.7. The lowest BCUT2D eigenvalue weighted by atomic mass is 9.92. The topological polar surface area (TPSA) is 47.9 Å². The van der Waals surface area contributed by atoms with Gasteiger partial charge in [-0.25, -0.2) is 0 Å². The maximum atomic E-state index is 9.65. The van der Waals surface area contributed by atoms with E-state index in [2.05, 4.69) is 49.4 Å². The highest BCUT2D eigenvalue weighted by Gasteiger charge is 2.31. The Hall–Kier alpha value is -3.44. The first-order chi connectivity index (χ1) is 18.6. The molecule has 0 spiro atoms. The molecule has 196 valence electrons. The Morgan fingerprint density at radius 2 is 1.45 bits per heavy atom. The van der Waals surface area contributed by atoms with Gasteiger partial charge in [-0.1, -0.05) is 91.0 Å². The summed E-state index contributed by atoms with van der Waals surface area (Å²) in [6.45, 7) is 3.84. The number of hydrogen-bond donors (Lipinski definition) is 1. The monoisotopic (exact) mass is 508 g/mol. The minimum absolute atomic E-state index is 0.0416. The van der Waals surface area contributed by atoms with E-state index >= 15 is 0 Å². The summed E-state index contributed by atoms with van der Waals surface area (Å²) < 4.78 is 19.1. The van der Waals surface area contributed by atoms with E-state index in [-0.39, 0.29) is 24.1 Å². The third-order valence-corrected chi connectivity index (χ3v) is 7.18. The van der Waals surface area contributed by atoms with Crippen LogP contribution < -0.4 is 0 Å². The van der Waals surface area contributed by atoms with Crippen molar-refractivity contribution in [3.05, 3.63) is 137 Å². The molecule has 1 heterocycles. The van der Waals surface area contributed by atoms with Gasteiger partial charge in [-0.15, -0.1) is 0 Å². The molecule has 4 nitrogen and oxygen atoms in total. The highest BCUT2D eigenvalue weighted by atomic mass is 16.5. The zero-order chi connectivity index (χ0) is 26.2. The third-order valence-electron chi connectivity index (χ3n) is 7.18. The Bertz CT molecular complexity index is 1270. The Kier molecular flexibility index (Phi) is 8.87. The molecule has 3 atom stereocenters. The summed E-state index contributed by atoms with van der Waals surface area (Å²) in [4.78, 5) is 0. The van der Waals surface area contributed by atoms with E-state index in [4.69, 9.17) is 14.2 Å². The van der Waals surface area contributed by atoms with E-state index in [1.807, 2.05) is 48.5 Å². The van der Waals surface area contributed by atoms with Crippen molar-refractivity contribution in [2.45, 2.75) is 57.7 Å². The van der Waals surface area contributed by atoms with Crippen molar-refractivity contribution < 1.29 is 19.3 Å². The van der Waals surface area contributed by atoms with E-state index < -0.39 is 0 Å². The number of aromatic hydroxyl groups is 1. The highest BCUT2D eigenvalue weighted by molar-refractivity contribution is 5.37. The molecular formula is C34H36O4. The van der Waals surface area contributed by atoms with Crippen molar-refractivity contribution in [3.63, 3.8) is 0 Å². The molecule has 0 radical (unpaired) electrons. The second kappa shape index (κ2) is 12.9. The molecule has 1 aliphatic rings. The van der Waals surface area contributed by atoms with Gasteiger partial charge in [0.1, 0.15) is 5.75 Å². The van der Waals surface area contributed by atoms with Crippen LogP contribution in [0, 0.1) is 6.92 Å². The molecule has 4 aromatic rings. The van der Waals surface area contributed by atoms with Crippen molar-refractivity contribution in [1.29, 1.82) is 0 Å². The number of benzene rings is 4. The van der Waals surface area contributed by atoms with Crippen LogP contribution in [0.3, 0.4) is 0 Å². The maximum Gasteiger partial charge on any atom is 0.115 e. The summed E-state index contributed by atoms with van der Waals surface area (Å²) in [5.41, 5.74) is 7.20. The molecule has 3 unspecified atom stereocenters. The van der Waals surface area contributed by atoms with Crippen LogP contribution in [-0.4, -0.2) is 23.9 Å². The van der Waals surface area contributed by atoms with E-state index in [0.29, 0.717) is 19.8 Å². The van der Waals surface area contributed by atoms with Crippen molar-refractivity contribution in [1.82, 2.24) is 0 Å². The minimum Gasteiger partial charge on any atom is -0.508 e. The van der Waals surface area contributed by atoms with Gasteiger partial charge in [0.25, 0.3) is 0 Å². The zero-order valence-electron chi connectivity index (χ0n) is 22.0. The fourth-order valence-corrected chi connectivity index (χ4v) is 5.02. The SMILES string of the molecule is Cc1ccc(C2CC(OCc3ccccc3)CC(COCc3ccccc3)O2)cc1Cc1ccc(O)cc1. The number of aryl methyl sites for hydroxylation is 1. The van der Waals surface area contributed by atoms with Gasteiger partial charge in [-0.05, 0) is 58.9 Å². The van der Waals surface area contributed by atoms with Crippen LogP contribution in [0.2, 0.25) is 0 Å². The lowest BCUT2D eigenvalue weighted by Crippen LogP contribution is -2.35. The summed E-state index contributed by atoms with van der Waals surface area (Å²) in [6.07, 6.45) is 2.41. The predicted octanol–water partition coefficient (Wildman–Crippen LogP) is 7.31. The van der Waals surface area contributed by atoms with Crippen LogP contribution in [0.4, 0.5) is 0 Å². The lowest BCUT2D eigenvalue weighted by Gasteiger charge is -2.36. The van der Waals surface area contributed by atoms with Crippen molar-refractivity contribution >= 4 is 0 Å². The highest BCUT2D eigenvalue weighted by Crippen LogP contribution is 2.35. The van der Waals surface area contributed by atoms with E-state index in [1.165, 1.54) is 27.8 Å². The normalized spacial score (nSPS) is 19.3. The van der Waals surface area contributed by atoms with E-state index in [1.54, 1.807) is 12.1 Å². The molecule has 5 rings (SSSR count). The Morgan fingerprint density at radius 1 is 0.763 bits per heavy atom. The first kappa shape index (κ1) is 26.2. The zero-order valence-corrected chi connectivity index (χ0v) is 22.0. The minimum atomic E-state index is -0.0611. The summed E-state index contributed by atoms with van der Waals surface area (Å²) in [5.74, 6) is 0.289. The summed E-state index contributed by atoms with van der Waals surface area (Å²) in [5, 5.41) is 9.65. The Labute approximate surface area is 225 Å². The molecule has 1 saturated heterocycles. The van der Waals surface area contributed by atoms with Gasteiger partial charge in [0.05, 0.1) is 38.1 Å². The van der Waals surface area contributed by atoms with Crippen LogP contribution >= 0.6 is 0 Å².